The Balaban J connectivity index is 2.03. The van der Waals surface area contributed by atoms with Crippen LogP contribution in [0.2, 0.25) is 0 Å². The summed E-state index contributed by atoms with van der Waals surface area (Å²) in [5.41, 5.74) is 1.19. The van der Waals surface area contributed by atoms with E-state index < -0.39 is 15.9 Å². The second kappa shape index (κ2) is 9.05. The van der Waals surface area contributed by atoms with E-state index in [4.69, 9.17) is 47.0 Å². The lowest BCUT2D eigenvalue weighted by Gasteiger charge is -2.27. The largest absolute Gasteiger partial charge is 0.339 e. The highest BCUT2D eigenvalue weighted by atomic mass is 79.9. The number of nitrogens with one attached hydrogen (secondary N) is 3. The van der Waals surface area contributed by atoms with Gasteiger partial charge in [-0.1, -0.05) is 68.9 Å². The van der Waals surface area contributed by atoms with Crippen molar-refractivity contribution in [3.05, 3.63) is 64.6 Å². The van der Waals surface area contributed by atoms with Crippen molar-refractivity contribution in [2.45, 2.75) is 9.96 Å². The van der Waals surface area contributed by atoms with Gasteiger partial charge in [0.25, 0.3) is 5.91 Å². The van der Waals surface area contributed by atoms with E-state index in [2.05, 4.69) is 31.9 Å². The summed E-state index contributed by atoms with van der Waals surface area (Å²) in [5.74, 6) is -0.393. The molecule has 0 fully saturated rings. The molecule has 3 N–H and O–H groups in total. The van der Waals surface area contributed by atoms with E-state index in [-0.39, 0.29) is 5.11 Å². The zero-order valence-corrected chi connectivity index (χ0v) is 17.3. The molecular formula is C16H13BrCl3N3OS. The fraction of sp³-hybridized carbons (Fsp3) is 0.125. The van der Waals surface area contributed by atoms with Crippen molar-refractivity contribution < 1.29 is 4.79 Å². The van der Waals surface area contributed by atoms with Gasteiger partial charge in [-0.25, -0.2) is 0 Å². The molecule has 0 bridgehead atoms. The van der Waals surface area contributed by atoms with Crippen molar-refractivity contribution >= 4 is 79.7 Å². The van der Waals surface area contributed by atoms with Crippen molar-refractivity contribution in [1.29, 1.82) is 0 Å². The van der Waals surface area contributed by atoms with Crippen molar-refractivity contribution in [3.8, 4) is 0 Å². The van der Waals surface area contributed by atoms with Gasteiger partial charge in [0.1, 0.15) is 6.17 Å². The van der Waals surface area contributed by atoms with Crippen molar-refractivity contribution in [2.75, 3.05) is 5.32 Å². The SMILES string of the molecule is O=C(N[C@@H](NC(=S)Nc1ccc(Br)cc1)C(Cl)(Cl)Cl)c1ccccc1. The van der Waals surface area contributed by atoms with Crippen LogP contribution in [-0.4, -0.2) is 21.0 Å². The molecule has 4 nitrogen and oxygen atoms in total. The molecule has 0 aliphatic rings. The molecule has 0 radical (unpaired) electrons. The second-order valence-electron chi connectivity index (χ2n) is 4.92. The number of carbonyl (C=O) groups excluding carboxylic acids is 1. The lowest BCUT2D eigenvalue weighted by molar-refractivity contribution is 0.0934. The third-order valence-electron chi connectivity index (χ3n) is 3.02. The maximum atomic E-state index is 12.3. The first-order valence-electron chi connectivity index (χ1n) is 7.01. The second-order valence-corrected chi connectivity index (χ2v) is 8.61. The Hall–Kier alpha value is -1.05. The molecule has 0 aromatic heterocycles. The first-order chi connectivity index (χ1) is 11.8. The van der Waals surface area contributed by atoms with Crippen LogP contribution in [0.15, 0.2) is 59.1 Å². The highest BCUT2D eigenvalue weighted by Gasteiger charge is 2.34. The summed E-state index contributed by atoms with van der Waals surface area (Å²) in [6, 6.07) is 16.0. The Labute approximate surface area is 174 Å². The number of hydrogen-bond donors (Lipinski definition) is 3. The van der Waals surface area contributed by atoms with Crippen LogP contribution in [0.5, 0.6) is 0 Å². The Morgan fingerprint density at radius 3 is 2.16 bits per heavy atom. The van der Waals surface area contributed by atoms with Crippen molar-refractivity contribution in [2.24, 2.45) is 0 Å². The third kappa shape index (κ3) is 6.64. The monoisotopic (exact) mass is 479 g/mol. The fourth-order valence-electron chi connectivity index (χ4n) is 1.84. The summed E-state index contributed by atoms with van der Waals surface area (Å²) in [5, 5.41) is 8.58. The van der Waals surface area contributed by atoms with E-state index in [9.17, 15) is 4.79 Å². The van der Waals surface area contributed by atoms with E-state index in [0.29, 0.717) is 5.56 Å². The highest BCUT2D eigenvalue weighted by molar-refractivity contribution is 9.10. The van der Waals surface area contributed by atoms with Crippen LogP contribution in [0.3, 0.4) is 0 Å². The van der Waals surface area contributed by atoms with E-state index in [1.165, 1.54) is 0 Å². The van der Waals surface area contributed by atoms with Gasteiger partial charge >= 0.3 is 0 Å². The molecule has 132 valence electrons. The number of rotatable bonds is 4. The summed E-state index contributed by atoms with van der Waals surface area (Å²) in [4.78, 5) is 12.3. The zero-order chi connectivity index (χ0) is 18.4. The Morgan fingerprint density at radius 1 is 1.00 bits per heavy atom. The number of hydrogen-bond acceptors (Lipinski definition) is 2. The molecule has 0 aliphatic heterocycles. The average molecular weight is 482 g/mol. The summed E-state index contributed by atoms with van der Waals surface area (Å²) in [7, 11) is 0. The summed E-state index contributed by atoms with van der Waals surface area (Å²) >= 11 is 26.4. The molecule has 1 amide bonds. The summed E-state index contributed by atoms with van der Waals surface area (Å²) < 4.78 is -0.873. The smallest absolute Gasteiger partial charge is 0.252 e. The maximum absolute atomic E-state index is 12.3. The minimum atomic E-state index is -1.81. The maximum Gasteiger partial charge on any atom is 0.252 e. The third-order valence-corrected chi connectivity index (χ3v) is 4.42. The molecule has 0 spiro atoms. The van der Waals surface area contributed by atoms with Gasteiger partial charge in [-0.2, -0.15) is 0 Å². The van der Waals surface area contributed by atoms with Crippen LogP contribution in [0.4, 0.5) is 5.69 Å². The quantitative estimate of drug-likeness (QED) is 0.332. The van der Waals surface area contributed by atoms with Gasteiger partial charge in [-0.15, -0.1) is 0 Å². The van der Waals surface area contributed by atoms with Crippen LogP contribution in [0.1, 0.15) is 10.4 Å². The number of alkyl halides is 3. The Bertz CT molecular complexity index is 739. The normalized spacial score (nSPS) is 12.2. The van der Waals surface area contributed by atoms with Crippen LogP contribution < -0.4 is 16.0 Å². The number of anilines is 1. The van der Waals surface area contributed by atoms with Crippen molar-refractivity contribution in [1.82, 2.24) is 10.6 Å². The molecule has 1 atom stereocenters. The topological polar surface area (TPSA) is 53.2 Å². The summed E-state index contributed by atoms with van der Waals surface area (Å²) in [6.45, 7) is 0. The van der Waals surface area contributed by atoms with Crippen LogP contribution >= 0.6 is 63.0 Å². The van der Waals surface area contributed by atoms with E-state index in [1.54, 1.807) is 30.3 Å². The van der Waals surface area contributed by atoms with Crippen LogP contribution in [0, 0.1) is 0 Å². The summed E-state index contributed by atoms with van der Waals surface area (Å²) in [6.07, 6.45) is -1.03. The Kier molecular flexibility index (Phi) is 7.34. The first kappa shape index (κ1) is 20.3. The van der Waals surface area contributed by atoms with Gasteiger partial charge in [-0.05, 0) is 48.6 Å². The molecule has 25 heavy (non-hydrogen) atoms. The molecule has 2 rings (SSSR count). The van der Waals surface area contributed by atoms with Gasteiger partial charge in [-0.3, -0.25) is 4.79 Å². The standard InChI is InChI=1S/C16H13BrCl3N3OS/c17-11-6-8-12(9-7-11)21-15(25)23-14(16(18,19)20)22-13(24)10-4-2-1-3-5-10/h1-9,14H,(H,22,24)(H2,21,23,25)/t14-/m0/s1. The Morgan fingerprint density at radius 2 is 1.60 bits per heavy atom. The van der Waals surface area contributed by atoms with Gasteiger partial charge in [0.2, 0.25) is 3.79 Å². The van der Waals surface area contributed by atoms with Crippen LogP contribution in [0.25, 0.3) is 0 Å². The molecular weight excluding hydrogens is 469 g/mol. The molecule has 2 aromatic rings. The molecule has 9 heteroatoms. The molecule has 0 unspecified atom stereocenters. The predicted molar refractivity (Wildman–Crippen MR) is 111 cm³/mol. The molecule has 0 heterocycles. The van der Waals surface area contributed by atoms with Gasteiger partial charge in [0, 0.05) is 15.7 Å². The minimum Gasteiger partial charge on any atom is -0.339 e. The molecule has 0 saturated carbocycles. The minimum absolute atomic E-state index is 0.201. The van der Waals surface area contributed by atoms with E-state index in [0.717, 1.165) is 10.2 Å². The van der Waals surface area contributed by atoms with Crippen LogP contribution in [-0.2, 0) is 0 Å². The zero-order valence-electron chi connectivity index (χ0n) is 12.6. The molecule has 2 aromatic carbocycles. The lowest BCUT2D eigenvalue weighted by Crippen LogP contribution is -2.56. The number of benzene rings is 2. The fourth-order valence-corrected chi connectivity index (χ4v) is 2.66. The van der Waals surface area contributed by atoms with Gasteiger partial charge in [0.05, 0.1) is 0 Å². The number of amides is 1. The van der Waals surface area contributed by atoms with E-state index in [1.807, 2.05) is 24.3 Å². The number of halogens is 4. The van der Waals surface area contributed by atoms with E-state index >= 15 is 0 Å². The van der Waals surface area contributed by atoms with Crippen molar-refractivity contribution in [3.63, 3.8) is 0 Å². The lowest BCUT2D eigenvalue weighted by atomic mass is 10.2. The average Bonchev–Trinajstić information content (AvgIpc) is 2.56. The highest BCUT2D eigenvalue weighted by Crippen LogP contribution is 2.29. The van der Waals surface area contributed by atoms with Gasteiger partial charge < -0.3 is 16.0 Å². The predicted octanol–water partition coefficient (Wildman–Crippen LogP) is 4.86. The molecule has 0 aliphatic carbocycles. The van der Waals surface area contributed by atoms with Gasteiger partial charge in [0.15, 0.2) is 5.11 Å². The number of thiocarbonyl (C=S) groups is 1. The number of carbonyl (C=O) groups is 1. The molecule has 0 saturated heterocycles. The first-order valence-corrected chi connectivity index (χ1v) is 9.35.